The number of rotatable bonds is 8. The second-order valence-electron chi connectivity index (χ2n) is 5.32. The van der Waals surface area contributed by atoms with Crippen LogP contribution in [0.5, 0.6) is 11.5 Å². The highest BCUT2D eigenvalue weighted by Gasteiger charge is 2.05. The van der Waals surface area contributed by atoms with Gasteiger partial charge in [-0.15, -0.1) is 0 Å². The molecule has 1 N–H and O–H groups in total. The third-order valence-electron chi connectivity index (χ3n) is 3.59. The van der Waals surface area contributed by atoms with Crippen molar-refractivity contribution in [3.05, 3.63) is 35.5 Å². The molecule has 1 aromatic heterocycles. The second-order valence-corrected chi connectivity index (χ2v) is 5.32. The van der Waals surface area contributed by atoms with E-state index in [1.54, 1.807) is 14.2 Å². The molecule has 0 amide bonds. The lowest BCUT2D eigenvalue weighted by molar-refractivity contribution is 0.393. The molecule has 0 unspecified atom stereocenters. The number of nitrogens with one attached hydrogen (secondary N) is 1. The highest BCUT2D eigenvalue weighted by Crippen LogP contribution is 2.23. The highest BCUT2D eigenvalue weighted by atomic mass is 16.5. The average Bonchev–Trinajstić information content (AvgIpc) is 2.90. The smallest absolute Gasteiger partial charge is 0.148 e. The lowest BCUT2D eigenvalue weighted by Crippen LogP contribution is -2.04. The largest absolute Gasteiger partial charge is 0.497 e. The number of hydrogen-bond donors (Lipinski definition) is 1. The van der Waals surface area contributed by atoms with Crippen LogP contribution in [0.1, 0.15) is 31.0 Å². The van der Waals surface area contributed by atoms with Crippen LogP contribution in [-0.2, 0) is 13.1 Å². The van der Waals surface area contributed by atoms with Crippen LogP contribution in [0.15, 0.2) is 24.3 Å². The van der Waals surface area contributed by atoms with Crippen molar-refractivity contribution in [2.75, 3.05) is 19.5 Å². The quantitative estimate of drug-likeness (QED) is 0.809. The standard InChI is InChI=1S/C17H25N3O2/c1-5-6-7-20-13(2)8-17(19-20)18-12-14-9-15(21-3)11-16(10-14)22-4/h8-11H,5-7,12H2,1-4H3,(H,18,19). The summed E-state index contributed by atoms with van der Waals surface area (Å²) in [5.41, 5.74) is 2.27. The molecule has 0 saturated carbocycles. The second kappa shape index (κ2) is 7.73. The van der Waals surface area contributed by atoms with Crippen LogP contribution in [-0.4, -0.2) is 24.0 Å². The van der Waals surface area contributed by atoms with Crippen molar-refractivity contribution < 1.29 is 9.47 Å². The molecule has 0 spiro atoms. The first-order chi connectivity index (χ1) is 10.7. The Kier molecular flexibility index (Phi) is 5.69. The van der Waals surface area contributed by atoms with Crippen LogP contribution in [0.2, 0.25) is 0 Å². The lowest BCUT2D eigenvalue weighted by Gasteiger charge is -2.09. The van der Waals surface area contributed by atoms with Crippen molar-refractivity contribution in [1.29, 1.82) is 0 Å². The number of anilines is 1. The van der Waals surface area contributed by atoms with Gasteiger partial charge in [-0.1, -0.05) is 13.3 Å². The molecule has 2 rings (SSSR count). The van der Waals surface area contributed by atoms with Gasteiger partial charge in [0.05, 0.1) is 14.2 Å². The van der Waals surface area contributed by atoms with Crippen molar-refractivity contribution >= 4 is 5.82 Å². The molecule has 0 radical (unpaired) electrons. The summed E-state index contributed by atoms with van der Waals surface area (Å²) in [5.74, 6) is 2.48. The molecule has 120 valence electrons. The lowest BCUT2D eigenvalue weighted by atomic mass is 10.2. The van der Waals surface area contributed by atoms with Crippen molar-refractivity contribution in [3.8, 4) is 11.5 Å². The molecular formula is C17H25N3O2. The monoisotopic (exact) mass is 303 g/mol. The SMILES string of the molecule is CCCCn1nc(NCc2cc(OC)cc(OC)c2)cc1C. The molecule has 1 aromatic carbocycles. The number of aryl methyl sites for hydroxylation is 2. The van der Waals surface area contributed by atoms with E-state index < -0.39 is 0 Å². The van der Waals surface area contributed by atoms with Gasteiger partial charge in [-0.3, -0.25) is 4.68 Å². The Bertz CT molecular complexity index is 586. The van der Waals surface area contributed by atoms with Crippen molar-refractivity contribution in [1.82, 2.24) is 9.78 Å². The number of ether oxygens (including phenoxy) is 2. The zero-order chi connectivity index (χ0) is 15.9. The zero-order valence-electron chi connectivity index (χ0n) is 13.8. The fraction of sp³-hybridized carbons (Fsp3) is 0.471. The van der Waals surface area contributed by atoms with Crippen LogP contribution in [0.4, 0.5) is 5.82 Å². The van der Waals surface area contributed by atoms with E-state index in [4.69, 9.17) is 9.47 Å². The van der Waals surface area contributed by atoms with Crippen molar-refractivity contribution in [2.45, 2.75) is 39.8 Å². The Morgan fingerprint density at radius 1 is 1.09 bits per heavy atom. The molecule has 0 aliphatic carbocycles. The van der Waals surface area contributed by atoms with Crippen LogP contribution in [0, 0.1) is 6.92 Å². The number of unbranched alkanes of at least 4 members (excludes halogenated alkanes) is 1. The molecule has 2 aromatic rings. The normalized spacial score (nSPS) is 10.5. The molecule has 0 fully saturated rings. The molecule has 22 heavy (non-hydrogen) atoms. The highest BCUT2D eigenvalue weighted by molar-refractivity contribution is 5.42. The molecule has 1 heterocycles. The molecule has 0 saturated heterocycles. The van der Waals surface area contributed by atoms with Crippen LogP contribution in [0.3, 0.4) is 0 Å². The van der Waals surface area contributed by atoms with Crippen molar-refractivity contribution in [2.24, 2.45) is 0 Å². The van der Waals surface area contributed by atoms with E-state index in [-0.39, 0.29) is 0 Å². The minimum absolute atomic E-state index is 0.678. The van der Waals surface area contributed by atoms with Gasteiger partial charge in [0.2, 0.25) is 0 Å². The molecular weight excluding hydrogens is 278 g/mol. The van der Waals surface area contributed by atoms with Gasteiger partial charge < -0.3 is 14.8 Å². The first-order valence-corrected chi connectivity index (χ1v) is 7.66. The molecule has 0 aliphatic heterocycles. The topological polar surface area (TPSA) is 48.3 Å². The van der Waals surface area contributed by atoms with E-state index in [2.05, 4.69) is 35.0 Å². The van der Waals surface area contributed by atoms with Crippen LogP contribution >= 0.6 is 0 Å². The van der Waals surface area contributed by atoms with Gasteiger partial charge in [0.15, 0.2) is 0 Å². The third kappa shape index (κ3) is 4.16. The summed E-state index contributed by atoms with van der Waals surface area (Å²) >= 11 is 0. The maximum absolute atomic E-state index is 5.29. The maximum Gasteiger partial charge on any atom is 0.148 e. The van der Waals surface area contributed by atoms with Gasteiger partial charge in [0.25, 0.3) is 0 Å². The number of methoxy groups -OCH3 is 2. The fourth-order valence-corrected chi connectivity index (χ4v) is 2.29. The van der Waals surface area contributed by atoms with E-state index in [0.29, 0.717) is 6.54 Å². The van der Waals surface area contributed by atoms with E-state index in [9.17, 15) is 0 Å². The summed E-state index contributed by atoms with van der Waals surface area (Å²) in [5, 5.41) is 7.95. The Morgan fingerprint density at radius 2 is 1.77 bits per heavy atom. The molecule has 0 aliphatic rings. The Balaban J connectivity index is 2.03. The summed E-state index contributed by atoms with van der Waals surface area (Å²) in [6.45, 7) is 5.92. The predicted molar refractivity (Wildman–Crippen MR) is 88.7 cm³/mol. The van der Waals surface area contributed by atoms with E-state index >= 15 is 0 Å². The summed E-state index contributed by atoms with van der Waals surface area (Å²) in [6.07, 6.45) is 2.32. The Morgan fingerprint density at radius 3 is 2.36 bits per heavy atom. The molecule has 5 heteroatoms. The summed E-state index contributed by atoms with van der Waals surface area (Å²) in [4.78, 5) is 0. The van der Waals surface area contributed by atoms with Crippen molar-refractivity contribution in [3.63, 3.8) is 0 Å². The third-order valence-corrected chi connectivity index (χ3v) is 3.59. The minimum atomic E-state index is 0.678. The van der Waals surface area contributed by atoms with Gasteiger partial charge >= 0.3 is 0 Å². The van der Waals surface area contributed by atoms with E-state index in [1.807, 2.05) is 18.2 Å². The van der Waals surface area contributed by atoms with E-state index in [1.165, 1.54) is 12.1 Å². The Hall–Kier alpha value is -2.17. The van der Waals surface area contributed by atoms with Gasteiger partial charge in [-0.05, 0) is 31.0 Å². The van der Waals surface area contributed by atoms with Crippen LogP contribution in [0.25, 0.3) is 0 Å². The minimum Gasteiger partial charge on any atom is -0.497 e. The number of benzene rings is 1. The summed E-state index contributed by atoms with van der Waals surface area (Å²) in [7, 11) is 3.31. The molecule has 5 nitrogen and oxygen atoms in total. The molecule has 0 bridgehead atoms. The number of nitrogens with zero attached hydrogens (tertiary/aromatic N) is 2. The fourth-order valence-electron chi connectivity index (χ4n) is 2.29. The first-order valence-electron chi connectivity index (χ1n) is 7.66. The number of hydrogen-bond acceptors (Lipinski definition) is 4. The van der Waals surface area contributed by atoms with Gasteiger partial charge in [0, 0.05) is 30.9 Å². The van der Waals surface area contributed by atoms with Gasteiger partial charge in [-0.25, -0.2) is 0 Å². The van der Waals surface area contributed by atoms with Gasteiger partial charge in [0.1, 0.15) is 17.3 Å². The maximum atomic E-state index is 5.29. The molecule has 0 atom stereocenters. The summed E-state index contributed by atoms with van der Waals surface area (Å²) < 4.78 is 12.6. The van der Waals surface area contributed by atoms with Gasteiger partial charge in [-0.2, -0.15) is 5.10 Å². The first kappa shape index (κ1) is 16.2. The Labute approximate surface area is 132 Å². The van der Waals surface area contributed by atoms with E-state index in [0.717, 1.165) is 35.8 Å². The summed E-state index contributed by atoms with van der Waals surface area (Å²) in [6, 6.07) is 7.94. The van der Waals surface area contributed by atoms with Crippen LogP contribution < -0.4 is 14.8 Å². The predicted octanol–water partition coefficient (Wildman–Crippen LogP) is 3.62. The number of aromatic nitrogens is 2. The zero-order valence-corrected chi connectivity index (χ0v) is 13.8. The average molecular weight is 303 g/mol.